The zero-order valence-corrected chi connectivity index (χ0v) is 19.3. The summed E-state index contributed by atoms with van der Waals surface area (Å²) in [7, 11) is -1.73. The average Bonchev–Trinajstić information content (AvgIpc) is 2.74. The van der Waals surface area contributed by atoms with Gasteiger partial charge in [0.05, 0.1) is 5.94 Å². The van der Waals surface area contributed by atoms with Crippen LogP contribution in [0.25, 0.3) is 0 Å². The minimum absolute atomic E-state index is 0.0375. The molecule has 3 atom stereocenters. The molecular formula is C21H34BN5O6. The van der Waals surface area contributed by atoms with Gasteiger partial charge in [-0.3, -0.25) is 9.59 Å². The number of hydrogen-bond donors (Lipinski definition) is 5. The van der Waals surface area contributed by atoms with Gasteiger partial charge < -0.3 is 21.1 Å². The Balaban J connectivity index is 2.88. The quantitative estimate of drug-likeness (QED) is 0.0670. The first-order chi connectivity index (χ1) is 15.5. The maximum Gasteiger partial charge on any atom is 0.475 e. The molecule has 0 radical (unpaired) electrons. The number of guanidine groups is 1. The average molecular weight is 463 g/mol. The lowest BCUT2D eigenvalue weighted by Crippen LogP contribution is -2.49. The fourth-order valence-corrected chi connectivity index (χ4v) is 3.40. The number of nitro groups is 1. The van der Waals surface area contributed by atoms with E-state index in [0.717, 1.165) is 5.56 Å². The summed E-state index contributed by atoms with van der Waals surface area (Å²) in [6.07, 6.45) is 0.938. The fourth-order valence-electron chi connectivity index (χ4n) is 3.40. The maximum atomic E-state index is 13.0. The lowest BCUT2D eigenvalue weighted by atomic mass is 9.74. The Hall–Kier alpha value is -2.99. The van der Waals surface area contributed by atoms with Crippen LogP contribution in [0.1, 0.15) is 57.9 Å². The molecule has 0 aliphatic heterocycles. The van der Waals surface area contributed by atoms with Gasteiger partial charge in [-0.2, -0.15) is 0 Å². The van der Waals surface area contributed by atoms with Crippen molar-refractivity contribution in [2.75, 3.05) is 6.54 Å². The zero-order valence-electron chi connectivity index (χ0n) is 19.3. The first-order valence-corrected chi connectivity index (χ1v) is 11.0. The molecule has 1 aromatic carbocycles. The second-order valence-corrected chi connectivity index (χ2v) is 8.44. The Labute approximate surface area is 194 Å². The molecule has 1 rings (SSSR count). The number of amides is 1. The number of hydrazine groups is 1. The van der Waals surface area contributed by atoms with Crippen LogP contribution in [0, 0.1) is 22.0 Å². The van der Waals surface area contributed by atoms with Crippen LogP contribution in [0.15, 0.2) is 35.3 Å². The number of Topliss-reactive ketones (excluding diaryl/α,β-unsaturated/α-hetero) is 1. The van der Waals surface area contributed by atoms with Crippen molar-refractivity contribution < 1.29 is 24.7 Å². The Bertz CT molecular complexity index is 806. The summed E-state index contributed by atoms with van der Waals surface area (Å²) in [4.78, 5) is 40.1. The molecular weight excluding hydrogens is 429 g/mol. The lowest BCUT2D eigenvalue weighted by molar-refractivity contribution is -0.525. The third-order valence-electron chi connectivity index (χ3n) is 5.21. The number of carbonyl (C=O) groups is 2. The molecule has 11 nitrogen and oxygen atoms in total. The van der Waals surface area contributed by atoms with Gasteiger partial charge in [-0.1, -0.05) is 56.5 Å². The van der Waals surface area contributed by atoms with E-state index in [-0.39, 0.29) is 37.0 Å². The number of nitrogens with two attached hydrogens (primary N) is 1. The van der Waals surface area contributed by atoms with Gasteiger partial charge in [0, 0.05) is 24.8 Å². The van der Waals surface area contributed by atoms with Gasteiger partial charge in [0.25, 0.3) is 5.96 Å². The number of aliphatic imine (C=N–C) groups is 1. The van der Waals surface area contributed by atoms with Crippen LogP contribution < -0.4 is 16.5 Å². The van der Waals surface area contributed by atoms with Crippen LogP contribution >= 0.6 is 0 Å². The second kappa shape index (κ2) is 14.2. The maximum absolute atomic E-state index is 13.0. The smallest absolute Gasteiger partial charge is 0.426 e. The van der Waals surface area contributed by atoms with Gasteiger partial charge in [0.15, 0.2) is 5.03 Å². The largest absolute Gasteiger partial charge is 0.475 e. The van der Waals surface area contributed by atoms with Crippen molar-refractivity contribution in [3.8, 4) is 0 Å². The predicted molar refractivity (Wildman–Crippen MR) is 125 cm³/mol. The third-order valence-corrected chi connectivity index (χ3v) is 5.21. The molecule has 0 heterocycles. The van der Waals surface area contributed by atoms with Crippen LogP contribution in [-0.4, -0.2) is 52.3 Å². The Morgan fingerprint density at radius 2 is 1.85 bits per heavy atom. The number of rotatable bonds is 14. The highest BCUT2D eigenvalue weighted by atomic mass is 16.7. The highest BCUT2D eigenvalue weighted by Crippen LogP contribution is 2.22. The molecule has 0 saturated carbocycles. The Morgan fingerprint density at radius 3 is 2.39 bits per heavy atom. The molecule has 0 aromatic heterocycles. The summed E-state index contributed by atoms with van der Waals surface area (Å²) < 4.78 is 0. The summed E-state index contributed by atoms with van der Waals surface area (Å²) in [6, 6.07) is 9.22. The molecule has 0 aliphatic carbocycles. The fraction of sp³-hybridized carbons (Fsp3) is 0.571. The van der Waals surface area contributed by atoms with Crippen LogP contribution in [-0.2, 0) is 9.59 Å². The molecule has 12 heteroatoms. The van der Waals surface area contributed by atoms with Crippen LogP contribution in [0.4, 0.5) is 0 Å². The van der Waals surface area contributed by atoms with E-state index in [1.54, 1.807) is 12.3 Å². The molecule has 6 N–H and O–H groups in total. The van der Waals surface area contributed by atoms with Gasteiger partial charge in [-0.05, 0) is 30.7 Å². The van der Waals surface area contributed by atoms with Gasteiger partial charge >= 0.3 is 7.12 Å². The number of nitrogens with one attached hydrogen (secondary N) is 2. The first-order valence-electron chi connectivity index (χ1n) is 11.0. The molecule has 0 spiro atoms. The molecule has 0 bridgehead atoms. The molecule has 1 unspecified atom stereocenters. The van der Waals surface area contributed by atoms with Crippen molar-refractivity contribution in [2.24, 2.45) is 22.6 Å². The second-order valence-electron chi connectivity index (χ2n) is 8.44. The summed E-state index contributed by atoms with van der Waals surface area (Å²) in [6.45, 7) is 5.69. The first kappa shape index (κ1) is 28.0. The van der Waals surface area contributed by atoms with Gasteiger partial charge in [-0.25, -0.2) is 15.1 Å². The van der Waals surface area contributed by atoms with E-state index in [1.165, 1.54) is 0 Å². The topological polar surface area (TPSA) is 180 Å². The van der Waals surface area contributed by atoms with E-state index in [1.807, 2.05) is 44.2 Å². The molecule has 33 heavy (non-hydrogen) atoms. The number of benzene rings is 1. The SMILES string of the molecule is CC(C)C[C@H](NC(=O)[C@H](CCCN=C(N)N[N+](=O)[O-])CC(=O)C(C)c1ccccc1)B(O)O. The number of hydrogen-bond acceptors (Lipinski definition) is 7. The number of nitrogens with zero attached hydrogens (tertiary/aromatic N) is 2. The standard InChI is InChI=1S/C21H34BN5O6/c1-14(2)12-19(22(30)31)25-20(29)17(10-7-11-24-21(23)26-27(32)33)13-18(28)15(3)16-8-5-4-6-9-16/h4-6,8-9,14-15,17,19,30-31H,7,10-13H2,1-3H3,(H,25,29)(H3,23,24,26)/t15?,17-,19+/m1/s1. The molecule has 0 saturated heterocycles. The summed E-state index contributed by atoms with van der Waals surface area (Å²) in [5, 5.41) is 31.5. The van der Waals surface area contributed by atoms with E-state index in [2.05, 4.69) is 10.3 Å². The highest BCUT2D eigenvalue weighted by Gasteiger charge is 2.31. The number of ketones is 1. The van der Waals surface area contributed by atoms with Crippen molar-refractivity contribution in [2.45, 2.75) is 58.3 Å². The van der Waals surface area contributed by atoms with Crippen molar-refractivity contribution in [1.82, 2.24) is 10.7 Å². The monoisotopic (exact) mass is 463 g/mol. The molecule has 1 amide bonds. The van der Waals surface area contributed by atoms with Crippen LogP contribution in [0.5, 0.6) is 0 Å². The number of carbonyl (C=O) groups excluding carboxylic acids is 2. The molecule has 1 aromatic rings. The van der Waals surface area contributed by atoms with Gasteiger partial charge in [0.2, 0.25) is 5.91 Å². The predicted octanol–water partition coefficient (Wildman–Crippen LogP) is 0.785. The Kier molecular flexibility index (Phi) is 12.1. The summed E-state index contributed by atoms with van der Waals surface area (Å²) in [5.74, 6) is -2.81. The van der Waals surface area contributed by atoms with Crippen LogP contribution in [0.3, 0.4) is 0 Å². The zero-order chi connectivity index (χ0) is 25.0. The van der Waals surface area contributed by atoms with E-state index < -0.39 is 35.8 Å². The minimum atomic E-state index is -1.73. The Morgan fingerprint density at radius 1 is 1.21 bits per heavy atom. The molecule has 182 valence electrons. The van der Waals surface area contributed by atoms with Crippen molar-refractivity contribution in [3.63, 3.8) is 0 Å². The third kappa shape index (κ3) is 10.9. The van der Waals surface area contributed by atoms with E-state index in [4.69, 9.17) is 5.73 Å². The summed E-state index contributed by atoms with van der Waals surface area (Å²) >= 11 is 0. The van der Waals surface area contributed by atoms with Crippen molar-refractivity contribution >= 4 is 24.8 Å². The normalized spacial score (nSPS) is 14.3. The van der Waals surface area contributed by atoms with E-state index in [0.29, 0.717) is 12.8 Å². The minimum Gasteiger partial charge on any atom is -0.426 e. The van der Waals surface area contributed by atoms with Gasteiger partial charge in [-0.15, -0.1) is 0 Å². The van der Waals surface area contributed by atoms with E-state index in [9.17, 15) is 29.8 Å². The van der Waals surface area contributed by atoms with Crippen molar-refractivity contribution in [3.05, 3.63) is 46.0 Å². The van der Waals surface area contributed by atoms with E-state index >= 15 is 0 Å². The van der Waals surface area contributed by atoms with Crippen LogP contribution in [0.2, 0.25) is 0 Å². The molecule has 0 aliphatic rings. The highest BCUT2D eigenvalue weighted by molar-refractivity contribution is 6.43. The van der Waals surface area contributed by atoms with Gasteiger partial charge in [0.1, 0.15) is 5.78 Å². The van der Waals surface area contributed by atoms with Crippen molar-refractivity contribution in [1.29, 1.82) is 0 Å². The molecule has 0 fully saturated rings. The lowest BCUT2D eigenvalue weighted by Gasteiger charge is -2.24. The summed E-state index contributed by atoms with van der Waals surface area (Å²) in [5.41, 5.74) is 7.97.